The highest BCUT2D eigenvalue weighted by Gasteiger charge is 2.17. The summed E-state index contributed by atoms with van der Waals surface area (Å²) in [6.45, 7) is 2.16. The third-order valence-corrected chi connectivity index (χ3v) is 3.65. The third kappa shape index (κ3) is 5.43. The van der Waals surface area contributed by atoms with Crippen LogP contribution in [0, 0.1) is 18.3 Å². The Bertz CT molecular complexity index is 768. The average Bonchev–Trinajstić information content (AvgIpc) is 2.63. The smallest absolute Gasteiger partial charge is 0.227 e. The number of aromatic nitrogens is 1. The van der Waals surface area contributed by atoms with Gasteiger partial charge in [0, 0.05) is 31.3 Å². The lowest BCUT2D eigenvalue weighted by molar-refractivity contribution is -0.122. The van der Waals surface area contributed by atoms with Crippen molar-refractivity contribution in [2.24, 2.45) is 0 Å². The quantitative estimate of drug-likeness (QED) is 0.842. The van der Waals surface area contributed by atoms with E-state index in [0.717, 1.165) is 11.3 Å². The zero-order chi connectivity index (χ0) is 18.1. The first-order valence-electron chi connectivity index (χ1n) is 8.05. The summed E-state index contributed by atoms with van der Waals surface area (Å²) >= 11 is 0. The first-order chi connectivity index (χ1) is 12.1. The fourth-order valence-electron chi connectivity index (χ4n) is 2.33. The van der Waals surface area contributed by atoms with Gasteiger partial charge in [-0.25, -0.2) is 4.98 Å². The van der Waals surface area contributed by atoms with Crippen LogP contribution in [0.15, 0.2) is 48.7 Å². The second-order valence-electron chi connectivity index (χ2n) is 5.51. The minimum atomic E-state index is -0.261. The predicted octanol–water partition coefficient (Wildman–Crippen LogP) is 3.06. The van der Waals surface area contributed by atoms with Gasteiger partial charge in [0.2, 0.25) is 11.8 Å². The molecular weight excluding hydrogens is 316 g/mol. The molecular formula is C19H20N4O2. The second-order valence-corrected chi connectivity index (χ2v) is 5.51. The van der Waals surface area contributed by atoms with Crippen LogP contribution in [-0.2, 0) is 9.59 Å². The summed E-state index contributed by atoms with van der Waals surface area (Å²) in [7, 11) is 0. The van der Waals surface area contributed by atoms with E-state index < -0.39 is 0 Å². The summed E-state index contributed by atoms with van der Waals surface area (Å²) < 4.78 is 0. The summed E-state index contributed by atoms with van der Waals surface area (Å²) in [4.78, 5) is 30.2. The minimum Gasteiger partial charge on any atom is -0.311 e. The van der Waals surface area contributed by atoms with Crippen LogP contribution in [0.25, 0.3) is 0 Å². The SMILES string of the molecule is Cc1cccnc1NC(=O)CCC(=O)N(CCC#N)c1ccccc1. The van der Waals surface area contributed by atoms with E-state index >= 15 is 0 Å². The number of rotatable bonds is 7. The normalized spacial score (nSPS) is 9.92. The van der Waals surface area contributed by atoms with Gasteiger partial charge in [0.1, 0.15) is 5.82 Å². The molecule has 1 aromatic carbocycles. The summed E-state index contributed by atoms with van der Waals surface area (Å²) in [6.07, 6.45) is 1.97. The molecule has 1 N–H and O–H groups in total. The molecule has 0 unspecified atom stereocenters. The molecule has 128 valence electrons. The van der Waals surface area contributed by atoms with Crippen LogP contribution in [0.3, 0.4) is 0 Å². The maximum Gasteiger partial charge on any atom is 0.227 e. The van der Waals surface area contributed by atoms with Crippen molar-refractivity contribution in [1.29, 1.82) is 5.26 Å². The number of nitriles is 1. The van der Waals surface area contributed by atoms with E-state index in [2.05, 4.69) is 10.3 Å². The molecule has 1 heterocycles. The van der Waals surface area contributed by atoms with Gasteiger partial charge in [-0.3, -0.25) is 9.59 Å². The van der Waals surface area contributed by atoms with Crippen LogP contribution < -0.4 is 10.2 Å². The molecule has 0 radical (unpaired) electrons. The lowest BCUT2D eigenvalue weighted by Gasteiger charge is -2.21. The molecule has 1 aromatic heterocycles. The van der Waals surface area contributed by atoms with Gasteiger partial charge in [-0.2, -0.15) is 5.26 Å². The molecule has 0 spiro atoms. The number of amides is 2. The number of para-hydroxylation sites is 1. The van der Waals surface area contributed by atoms with Crippen molar-refractivity contribution in [2.75, 3.05) is 16.8 Å². The number of nitrogens with zero attached hydrogens (tertiary/aromatic N) is 3. The van der Waals surface area contributed by atoms with Crippen LogP contribution in [-0.4, -0.2) is 23.3 Å². The summed E-state index contributed by atoms with van der Waals surface area (Å²) in [6, 6.07) is 14.8. The Labute approximate surface area is 147 Å². The Hall–Kier alpha value is -3.20. The van der Waals surface area contributed by atoms with E-state index in [1.807, 2.05) is 49.4 Å². The fourth-order valence-corrected chi connectivity index (χ4v) is 2.33. The highest BCUT2D eigenvalue weighted by molar-refractivity contribution is 5.98. The number of hydrogen-bond acceptors (Lipinski definition) is 4. The van der Waals surface area contributed by atoms with Gasteiger partial charge in [0.05, 0.1) is 12.5 Å². The largest absolute Gasteiger partial charge is 0.311 e. The first kappa shape index (κ1) is 18.1. The van der Waals surface area contributed by atoms with E-state index in [1.54, 1.807) is 17.2 Å². The highest BCUT2D eigenvalue weighted by Crippen LogP contribution is 2.16. The van der Waals surface area contributed by atoms with Crippen LogP contribution in [0.1, 0.15) is 24.8 Å². The van der Waals surface area contributed by atoms with Crippen LogP contribution in [0.5, 0.6) is 0 Å². The molecule has 0 saturated carbocycles. The Kier molecular flexibility index (Phi) is 6.66. The topological polar surface area (TPSA) is 86.1 Å². The van der Waals surface area contributed by atoms with Crippen molar-refractivity contribution >= 4 is 23.3 Å². The van der Waals surface area contributed by atoms with Crippen LogP contribution >= 0.6 is 0 Å². The van der Waals surface area contributed by atoms with Crippen molar-refractivity contribution < 1.29 is 9.59 Å². The number of carbonyl (C=O) groups is 2. The number of benzene rings is 1. The molecule has 0 aliphatic heterocycles. The zero-order valence-electron chi connectivity index (χ0n) is 14.1. The van der Waals surface area contributed by atoms with E-state index in [4.69, 9.17) is 5.26 Å². The van der Waals surface area contributed by atoms with Gasteiger partial charge in [-0.15, -0.1) is 0 Å². The molecule has 6 heteroatoms. The molecule has 2 amide bonds. The number of pyridine rings is 1. The third-order valence-electron chi connectivity index (χ3n) is 3.65. The van der Waals surface area contributed by atoms with Gasteiger partial charge in [0.25, 0.3) is 0 Å². The van der Waals surface area contributed by atoms with E-state index in [1.165, 1.54) is 0 Å². The number of carbonyl (C=O) groups excluding carboxylic acids is 2. The van der Waals surface area contributed by atoms with E-state index in [9.17, 15) is 9.59 Å². The summed E-state index contributed by atoms with van der Waals surface area (Å²) in [5.41, 5.74) is 1.59. The second kappa shape index (κ2) is 9.18. The van der Waals surface area contributed by atoms with E-state index in [-0.39, 0.29) is 31.1 Å². The average molecular weight is 336 g/mol. The molecule has 6 nitrogen and oxygen atoms in total. The Morgan fingerprint density at radius 1 is 1.16 bits per heavy atom. The summed E-state index contributed by atoms with van der Waals surface area (Å²) in [5, 5.41) is 11.5. The van der Waals surface area contributed by atoms with Gasteiger partial charge >= 0.3 is 0 Å². The van der Waals surface area contributed by atoms with Crippen LogP contribution in [0.4, 0.5) is 11.5 Å². The van der Waals surface area contributed by atoms with Gasteiger partial charge in [-0.05, 0) is 30.7 Å². The van der Waals surface area contributed by atoms with Gasteiger partial charge in [-0.1, -0.05) is 24.3 Å². The monoisotopic (exact) mass is 336 g/mol. The molecule has 0 aliphatic rings. The lowest BCUT2D eigenvalue weighted by Crippen LogP contribution is -2.32. The number of hydrogen-bond donors (Lipinski definition) is 1. The maximum absolute atomic E-state index is 12.5. The van der Waals surface area contributed by atoms with E-state index in [0.29, 0.717) is 12.4 Å². The van der Waals surface area contributed by atoms with Crippen molar-refractivity contribution in [3.63, 3.8) is 0 Å². The van der Waals surface area contributed by atoms with Crippen molar-refractivity contribution in [2.45, 2.75) is 26.2 Å². The van der Waals surface area contributed by atoms with Crippen molar-refractivity contribution in [3.8, 4) is 6.07 Å². The molecule has 2 rings (SSSR count). The van der Waals surface area contributed by atoms with Gasteiger partial charge in [0.15, 0.2) is 0 Å². The molecule has 25 heavy (non-hydrogen) atoms. The van der Waals surface area contributed by atoms with Gasteiger partial charge < -0.3 is 10.2 Å². The highest BCUT2D eigenvalue weighted by atomic mass is 16.2. The number of aryl methyl sites for hydroxylation is 1. The molecule has 2 aromatic rings. The minimum absolute atomic E-state index is 0.0603. The Balaban J connectivity index is 1.95. The molecule has 0 bridgehead atoms. The van der Waals surface area contributed by atoms with Crippen LogP contribution in [0.2, 0.25) is 0 Å². The van der Waals surface area contributed by atoms with Crippen molar-refractivity contribution in [1.82, 2.24) is 4.98 Å². The molecule has 0 aliphatic carbocycles. The summed E-state index contributed by atoms with van der Waals surface area (Å²) in [5.74, 6) is 0.0575. The van der Waals surface area contributed by atoms with Crippen molar-refractivity contribution in [3.05, 3.63) is 54.2 Å². The lowest BCUT2D eigenvalue weighted by atomic mass is 10.2. The Morgan fingerprint density at radius 2 is 1.92 bits per heavy atom. The number of anilines is 2. The Morgan fingerprint density at radius 3 is 2.60 bits per heavy atom. The molecule has 0 saturated heterocycles. The standard InChI is InChI=1S/C19H20N4O2/c1-15-7-5-13-21-19(15)22-17(24)10-11-18(25)23(14-6-12-20)16-8-3-2-4-9-16/h2-5,7-9,13H,6,10-11,14H2,1H3,(H,21,22,24). The molecule has 0 fully saturated rings. The first-order valence-corrected chi connectivity index (χ1v) is 8.05. The zero-order valence-corrected chi connectivity index (χ0v) is 14.1. The number of nitrogens with one attached hydrogen (secondary N) is 1. The fraction of sp³-hybridized carbons (Fsp3) is 0.263. The maximum atomic E-state index is 12.5. The predicted molar refractivity (Wildman–Crippen MR) is 95.9 cm³/mol. The molecule has 0 atom stereocenters.